The summed E-state index contributed by atoms with van der Waals surface area (Å²) in [6.45, 7) is 1.10. The van der Waals surface area contributed by atoms with Gasteiger partial charge >= 0.3 is 0 Å². The number of aromatic nitrogens is 2. The topological polar surface area (TPSA) is 77.7 Å². The largest absolute Gasteiger partial charge is 0.480 e. The Kier molecular flexibility index (Phi) is 3.97. The molecule has 1 aliphatic heterocycles. The predicted octanol–water partition coefficient (Wildman–Crippen LogP) is 2.52. The van der Waals surface area contributed by atoms with Crippen LogP contribution in [0, 0.1) is 0 Å². The number of nitrogens with zero attached hydrogens (tertiary/aromatic N) is 3. The highest BCUT2D eigenvalue weighted by molar-refractivity contribution is 5.96. The third-order valence-corrected chi connectivity index (χ3v) is 4.18. The van der Waals surface area contributed by atoms with Gasteiger partial charge in [0.25, 0.3) is 5.91 Å². The molecule has 0 aliphatic carbocycles. The summed E-state index contributed by atoms with van der Waals surface area (Å²) in [5, 5.41) is 8.75. The van der Waals surface area contributed by atoms with E-state index >= 15 is 0 Å². The summed E-state index contributed by atoms with van der Waals surface area (Å²) in [6, 6.07) is 12.8. The van der Waals surface area contributed by atoms with E-state index in [0.29, 0.717) is 36.2 Å². The molecule has 0 radical (unpaired) electrons. The van der Waals surface area contributed by atoms with E-state index in [0.717, 1.165) is 11.8 Å². The van der Waals surface area contributed by atoms with Gasteiger partial charge in [-0.1, -0.05) is 18.2 Å². The van der Waals surface area contributed by atoms with Crippen molar-refractivity contribution in [1.82, 2.24) is 15.1 Å². The number of hydrogen-bond donors (Lipinski definition) is 0. The third kappa shape index (κ3) is 3.13. The maximum Gasteiger partial charge on any atom is 0.289 e. The van der Waals surface area contributed by atoms with Crippen molar-refractivity contribution in [3.05, 3.63) is 48.2 Å². The molecule has 7 heteroatoms. The number of benzene rings is 1. The van der Waals surface area contributed by atoms with Crippen LogP contribution in [0.1, 0.15) is 17.0 Å². The Bertz CT molecular complexity index is 858. The van der Waals surface area contributed by atoms with Crippen molar-refractivity contribution < 1.29 is 18.7 Å². The van der Waals surface area contributed by atoms with Gasteiger partial charge in [0, 0.05) is 30.5 Å². The second-order valence-electron chi connectivity index (χ2n) is 5.84. The van der Waals surface area contributed by atoms with Gasteiger partial charge in [0.05, 0.1) is 13.7 Å². The molecule has 0 unspecified atom stereocenters. The zero-order valence-corrected chi connectivity index (χ0v) is 13.7. The van der Waals surface area contributed by atoms with E-state index in [9.17, 15) is 4.79 Å². The number of para-hydroxylation sites is 1. The molecule has 7 nitrogen and oxygen atoms in total. The summed E-state index contributed by atoms with van der Waals surface area (Å²) in [4.78, 5) is 14.4. The number of ether oxygens (including phenoxy) is 2. The average molecular weight is 339 g/mol. The van der Waals surface area contributed by atoms with E-state index in [-0.39, 0.29) is 12.0 Å². The summed E-state index contributed by atoms with van der Waals surface area (Å²) >= 11 is 0. The fourth-order valence-electron chi connectivity index (χ4n) is 2.90. The van der Waals surface area contributed by atoms with Gasteiger partial charge in [0.1, 0.15) is 11.7 Å². The Labute approximate surface area is 144 Å². The molecule has 0 spiro atoms. The molecule has 2 aromatic heterocycles. The molecular formula is C18H17N3O4. The van der Waals surface area contributed by atoms with E-state index in [4.69, 9.17) is 13.9 Å². The predicted molar refractivity (Wildman–Crippen MR) is 89.7 cm³/mol. The van der Waals surface area contributed by atoms with Crippen LogP contribution in [0.2, 0.25) is 0 Å². The highest BCUT2D eigenvalue weighted by Gasteiger charge is 2.30. The van der Waals surface area contributed by atoms with E-state index < -0.39 is 0 Å². The maximum absolute atomic E-state index is 12.6. The Morgan fingerprint density at radius 2 is 2.00 bits per heavy atom. The number of hydrogen-bond acceptors (Lipinski definition) is 6. The smallest absolute Gasteiger partial charge is 0.289 e. The molecule has 1 saturated heterocycles. The van der Waals surface area contributed by atoms with Crippen LogP contribution >= 0.6 is 0 Å². The van der Waals surface area contributed by atoms with Crippen LogP contribution in [-0.2, 0) is 0 Å². The number of furan rings is 1. The lowest BCUT2D eigenvalue weighted by Crippen LogP contribution is -2.30. The molecule has 3 heterocycles. The highest BCUT2D eigenvalue weighted by Crippen LogP contribution is 2.23. The van der Waals surface area contributed by atoms with Gasteiger partial charge in [-0.25, -0.2) is 0 Å². The van der Waals surface area contributed by atoms with E-state index in [2.05, 4.69) is 10.2 Å². The molecule has 0 saturated carbocycles. The zero-order chi connectivity index (χ0) is 17.2. The molecule has 1 fully saturated rings. The number of fused-ring (bicyclic) bond motifs is 1. The molecule has 1 amide bonds. The quantitative estimate of drug-likeness (QED) is 0.727. The van der Waals surface area contributed by atoms with Gasteiger partial charge in [-0.15, -0.1) is 10.2 Å². The van der Waals surface area contributed by atoms with Gasteiger partial charge in [-0.2, -0.15) is 0 Å². The molecule has 128 valence electrons. The number of amides is 1. The van der Waals surface area contributed by atoms with Crippen molar-refractivity contribution in [3.8, 4) is 11.8 Å². The van der Waals surface area contributed by atoms with Gasteiger partial charge in [0.15, 0.2) is 5.76 Å². The van der Waals surface area contributed by atoms with Crippen molar-refractivity contribution >= 4 is 16.9 Å². The standard InChI is InChI=1S/C18H17N3O4/c1-23-16-6-7-17(20-19-16)24-13-8-9-21(11-13)18(22)15-10-12-4-2-3-5-14(12)25-15/h2-7,10,13H,8-9,11H2,1H3/t13-/m1/s1. The van der Waals surface area contributed by atoms with Crippen LogP contribution in [0.5, 0.6) is 11.8 Å². The van der Waals surface area contributed by atoms with E-state index in [1.807, 2.05) is 24.3 Å². The lowest BCUT2D eigenvalue weighted by Gasteiger charge is -2.15. The number of likely N-dealkylation sites (tertiary alicyclic amines) is 1. The first kappa shape index (κ1) is 15.4. The highest BCUT2D eigenvalue weighted by atomic mass is 16.5. The summed E-state index contributed by atoms with van der Waals surface area (Å²) in [6.07, 6.45) is 0.621. The van der Waals surface area contributed by atoms with Gasteiger partial charge in [0.2, 0.25) is 11.8 Å². The Balaban J connectivity index is 1.41. The molecule has 1 aliphatic rings. The van der Waals surface area contributed by atoms with Crippen molar-refractivity contribution in [2.45, 2.75) is 12.5 Å². The van der Waals surface area contributed by atoms with Gasteiger partial charge in [-0.05, 0) is 12.1 Å². The lowest BCUT2D eigenvalue weighted by molar-refractivity contribution is 0.0742. The van der Waals surface area contributed by atoms with Crippen LogP contribution in [0.4, 0.5) is 0 Å². The van der Waals surface area contributed by atoms with Crippen LogP contribution in [0.15, 0.2) is 46.9 Å². The number of rotatable bonds is 4. The summed E-state index contributed by atoms with van der Waals surface area (Å²) < 4.78 is 16.4. The molecular weight excluding hydrogens is 322 g/mol. The summed E-state index contributed by atoms with van der Waals surface area (Å²) in [7, 11) is 1.53. The van der Waals surface area contributed by atoms with Crippen molar-refractivity contribution in [2.24, 2.45) is 0 Å². The average Bonchev–Trinajstić information content (AvgIpc) is 3.28. The Morgan fingerprint density at radius 3 is 2.76 bits per heavy atom. The number of carbonyl (C=O) groups is 1. The van der Waals surface area contributed by atoms with Gasteiger partial charge in [-0.3, -0.25) is 4.79 Å². The minimum atomic E-state index is -0.122. The molecule has 0 N–H and O–H groups in total. The van der Waals surface area contributed by atoms with Gasteiger partial charge < -0.3 is 18.8 Å². The summed E-state index contributed by atoms with van der Waals surface area (Å²) in [5.41, 5.74) is 0.714. The maximum atomic E-state index is 12.6. The number of methoxy groups -OCH3 is 1. The minimum absolute atomic E-state index is 0.115. The molecule has 1 atom stereocenters. The molecule has 4 rings (SSSR count). The molecule has 3 aromatic rings. The molecule has 25 heavy (non-hydrogen) atoms. The van der Waals surface area contributed by atoms with Crippen LogP contribution < -0.4 is 9.47 Å². The first-order valence-corrected chi connectivity index (χ1v) is 8.05. The fourth-order valence-corrected chi connectivity index (χ4v) is 2.90. The second kappa shape index (κ2) is 6.43. The molecule has 1 aromatic carbocycles. The first-order valence-electron chi connectivity index (χ1n) is 8.05. The van der Waals surface area contributed by atoms with Crippen LogP contribution in [-0.4, -0.2) is 47.3 Å². The Hall–Kier alpha value is -3.09. The third-order valence-electron chi connectivity index (χ3n) is 4.18. The zero-order valence-electron chi connectivity index (χ0n) is 13.7. The second-order valence-corrected chi connectivity index (χ2v) is 5.84. The fraction of sp³-hybridized carbons (Fsp3) is 0.278. The summed E-state index contributed by atoms with van der Waals surface area (Å²) in [5.74, 6) is 1.08. The van der Waals surface area contributed by atoms with E-state index in [1.165, 1.54) is 7.11 Å². The SMILES string of the molecule is COc1ccc(O[C@@H]2CCN(C(=O)c3cc4ccccc4o3)C2)nn1. The minimum Gasteiger partial charge on any atom is -0.480 e. The first-order chi connectivity index (χ1) is 12.2. The van der Waals surface area contributed by atoms with E-state index in [1.54, 1.807) is 23.1 Å². The Morgan fingerprint density at radius 1 is 1.20 bits per heavy atom. The van der Waals surface area contributed by atoms with Crippen molar-refractivity contribution in [3.63, 3.8) is 0 Å². The van der Waals surface area contributed by atoms with Crippen molar-refractivity contribution in [2.75, 3.05) is 20.2 Å². The van der Waals surface area contributed by atoms with Crippen LogP contribution in [0.3, 0.4) is 0 Å². The van der Waals surface area contributed by atoms with Crippen LogP contribution in [0.25, 0.3) is 11.0 Å². The normalized spacial score (nSPS) is 17.0. The van der Waals surface area contributed by atoms with Crippen molar-refractivity contribution in [1.29, 1.82) is 0 Å². The molecule has 0 bridgehead atoms. The monoisotopic (exact) mass is 339 g/mol. The lowest BCUT2D eigenvalue weighted by atomic mass is 10.2. The number of carbonyl (C=O) groups excluding carboxylic acids is 1.